The number of esters is 1. The molecule has 1 aliphatic rings. The second-order valence-electron chi connectivity index (χ2n) is 5.04. The maximum atomic E-state index is 10.9. The van der Waals surface area contributed by atoms with Crippen molar-refractivity contribution in [2.45, 2.75) is 40.1 Å². The molecule has 1 fully saturated rings. The summed E-state index contributed by atoms with van der Waals surface area (Å²) in [5.74, 6) is 0.825. The smallest absolute Gasteiger partial charge is 0.302 e. The molecule has 18 heavy (non-hydrogen) atoms. The summed E-state index contributed by atoms with van der Waals surface area (Å²) in [4.78, 5) is 10.9. The Morgan fingerprint density at radius 1 is 1.28 bits per heavy atom. The summed E-state index contributed by atoms with van der Waals surface area (Å²) in [7, 11) is 0. The maximum absolute atomic E-state index is 10.9. The second-order valence-corrected chi connectivity index (χ2v) is 5.04. The van der Waals surface area contributed by atoms with Crippen LogP contribution in [-0.4, -0.2) is 31.6 Å². The average Bonchev–Trinajstić information content (AvgIpc) is 2.34. The van der Waals surface area contributed by atoms with Gasteiger partial charge in [0.05, 0.1) is 12.7 Å². The molecule has 0 bridgehead atoms. The normalized spacial score (nSPS) is 36.1. The summed E-state index contributed by atoms with van der Waals surface area (Å²) in [5.41, 5.74) is 0. The first-order valence-electron chi connectivity index (χ1n) is 6.48. The van der Waals surface area contributed by atoms with Crippen LogP contribution in [-0.2, 0) is 19.0 Å². The zero-order valence-corrected chi connectivity index (χ0v) is 11.7. The Bertz CT molecular complexity index is 290. The van der Waals surface area contributed by atoms with Gasteiger partial charge in [-0.25, -0.2) is 0 Å². The summed E-state index contributed by atoms with van der Waals surface area (Å²) < 4.78 is 16.6. The van der Waals surface area contributed by atoms with Crippen molar-refractivity contribution in [1.29, 1.82) is 0 Å². The minimum Gasteiger partial charge on any atom is -0.463 e. The van der Waals surface area contributed by atoms with Crippen LogP contribution in [0.1, 0.15) is 27.7 Å². The molecule has 0 aromatic rings. The lowest BCUT2D eigenvalue weighted by atomic mass is 9.79. The molecule has 4 nitrogen and oxygen atoms in total. The number of hydrogen-bond donors (Lipinski definition) is 0. The topological polar surface area (TPSA) is 44.8 Å². The van der Waals surface area contributed by atoms with Crippen LogP contribution >= 0.6 is 0 Å². The van der Waals surface area contributed by atoms with Crippen LogP contribution in [0.4, 0.5) is 0 Å². The van der Waals surface area contributed by atoms with E-state index in [1.165, 1.54) is 6.92 Å². The minimum absolute atomic E-state index is 0.102. The molecule has 2 unspecified atom stereocenters. The lowest BCUT2D eigenvalue weighted by molar-refractivity contribution is -0.251. The molecular formula is C14H24O4. The monoisotopic (exact) mass is 256 g/mol. The average molecular weight is 256 g/mol. The summed E-state index contributed by atoms with van der Waals surface area (Å²) >= 11 is 0. The van der Waals surface area contributed by atoms with Gasteiger partial charge in [-0.15, -0.1) is 6.58 Å². The van der Waals surface area contributed by atoms with E-state index >= 15 is 0 Å². The highest BCUT2D eigenvalue weighted by molar-refractivity contribution is 5.65. The van der Waals surface area contributed by atoms with Crippen molar-refractivity contribution in [1.82, 2.24) is 0 Å². The first-order valence-corrected chi connectivity index (χ1v) is 6.48. The molecule has 0 aromatic carbocycles. The van der Waals surface area contributed by atoms with Crippen LogP contribution < -0.4 is 0 Å². The van der Waals surface area contributed by atoms with Gasteiger partial charge in [0.1, 0.15) is 6.61 Å². The maximum Gasteiger partial charge on any atom is 0.302 e. The Morgan fingerprint density at radius 3 is 2.50 bits per heavy atom. The molecule has 104 valence electrons. The SMILES string of the molecule is C=CCO[C@H]1OC(COC(C)=O)[C@@H](C)[C@H](C)C1C. The van der Waals surface area contributed by atoms with Gasteiger partial charge in [-0.05, 0) is 11.8 Å². The number of carbonyl (C=O) groups is 1. The zero-order valence-electron chi connectivity index (χ0n) is 11.7. The van der Waals surface area contributed by atoms with Crippen molar-refractivity contribution in [2.75, 3.05) is 13.2 Å². The Kier molecular flexibility index (Phi) is 5.82. The molecule has 1 aliphatic heterocycles. The third-order valence-corrected chi connectivity index (χ3v) is 3.81. The molecule has 0 radical (unpaired) electrons. The van der Waals surface area contributed by atoms with E-state index in [0.29, 0.717) is 31.0 Å². The van der Waals surface area contributed by atoms with E-state index in [1.54, 1.807) is 6.08 Å². The lowest BCUT2D eigenvalue weighted by Gasteiger charge is -2.42. The molecule has 4 heteroatoms. The van der Waals surface area contributed by atoms with Crippen LogP contribution in [0, 0.1) is 17.8 Å². The van der Waals surface area contributed by atoms with Gasteiger partial charge in [0.15, 0.2) is 6.29 Å². The van der Waals surface area contributed by atoms with Crippen LogP contribution in [0.15, 0.2) is 12.7 Å². The first kappa shape index (κ1) is 15.2. The molecule has 0 aliphatic carbocycles. The van der Waals surface area contributed by atoms with Gasteiger partial charge in [0, 0.05) is 12.8 Å². The molecule has 1 saturated heterocycles. The van der Waals surface area contributed by atoms with Crippen molar-refractivity contribution >= 4 is 5.97 Å². The van der Waals surface area contributed by atoms with Gasteiger partial charge < -0.3 is 14.2 Å². The molecule has 0 N–H and O–H groups in total. The molecule has 0 spiro atoms. The van der Waals surface area contributed by atoms with Gasteiger partial charge in [-0.3, -0.25) is 4.79 Å². The van der Waals surface area contributed by atoms with E-state index < -0.39 is 0 Å². The molecule has 1 rings (SSSR count). The van der Waals surface area contributed by atoms with Crippen molar-refractivity contribution in [2.24, 2.45) is 17.8 Å². The van der Waals surface area contributed by atoms with E-state index in [1.807, 2.05) is 0 Å². The number of rotatable bonds is 5. The number of carbonyl (C=O) groups excluding carboxylic acids is 1. The van der Waals surface area contributed by atoms with E-state index in [-0.39, 0.29) is 18.4 Å². The van der Waals surface area contributed by atoms with Crippen molar-refractivity contribution in [3.8, 4) is 0 Å². The molecular weight excluding hydrogens is 232 g/mol. The third-order valence-electron chi connectivity index (χ3n) is 3.81. The van der Waals surface area contributed by atoms with Gasteiger partial charge >= 0.3 is 5.97 Å². The predicted molar refractivity (Wildman–Crippen MR) is 68.9 cm³/mol. The molecule has 1 heterocycles. The van der Waals surface area contributed by atoms with Gasteiger partial charge in [-0.1, -0.05) is 26.8 Å². The summed E-state index contributed by atoms with van der Waals surface area (Å²) in [6.45, 7) is 12.2. The molecule has 5 atom stereocenters. The minimum atomic E-state index is -0.277. The Hall–Kier alpha value is -0.870. The summed E-state index contributed by atoms with van der Waals surface area (Å²) in [6, 6.07) is 0. The van der Waals surface area contributed by atoms with E-state index in [4.69, 9.17) is 14.2 Å². The van der Waals surface area contributed by atoms with Crippen molar-refractivity contribution in [3.05, 3.63) is 12.7 Å². The van der Waals surface area contributed by atoms with Gasteiger partial charge in [0.25, 0.3) is 0 Å². The Morgan fingerprint density at radius 2 is 1.94 bits per heavy atom. The zero-order chi connectivity index (χ0) is 13.7. The Balaban J connectivity index is 2.61. The first-order chi connectivity index (χ1) is 8.47. The fraction of sp³-hybridized carbons (Fsp3) is 0.786. The largest absolute Gasteiger partial charge is 0.463 e. The number of hydrogen-bond acceptors (Lipinski definition) is 4. The fourth-order valence-corrected chi connectivity index (χ4v) is 2.23. The quantitative estimate of drug-likeness (QED) is 0.559. The van der Waals surface area contributed by atoms with Crippen LogP contribution in [0.3, 0.4) is 0 Å². The van der Waals surface area contributed by atoms with Crippen LogP contribution in [0.25, 0.3) is 0 Å². The highest BCUT2D eigenvalue weighted by Crippen LogP contribution is 2.35. The van der Waals surface area contributed by atoms with Gasteiger partial charge in [0.2, 0.25) is 0 Å². The van der Waals surface area contributed by atoms with Crippen LogP contribution in [0.5, 0.6) is 0 Å². The highest BCUT2D eigenvalue weighted by atomic mass is 16.7. The fourth-order valence-electron chi connectivity index (χ4n) is 2.23. The Labute approximate surface area is 109 Å². The third kappa shape index (κ3) is 3.82. The lowest BCUT2D eigenvalue weighted by Crippen LogP contribution is -2.47. The van der Waals surface area contributed by atoms with Crippen molar-refractivity contribution in [3.63, 3.8) is 0 Å². The van der Waals surface area contributed by atoms with Crippen LogP contribution in [0.2, 0.25) is 0 Å². The van der Waals surface area contributed by atoms with Crippen molar-refractivity contribution < 1.29 is 19.0 Å². The molecule has 0 amide bonds. The van der Waals surface area contributed by atoms with E-state index in [0.717, 1.165) is 0 Å². The predicted octanol–water partition coefficient (Wildman–Crippen LogP) is 2.39. The number of ether oxygens (including phenoxy) is 3. The van der Waals surface area contributed by atoms with Gasteiger partial charge in [-0.2, -0.15) is 0 Å². The van der Waals surface area contributed by atoms with E-state index in [9.17, 15) is 4.79 Å². The highest BCUT2D eigenvalue weighted by Gasteiger charge is 2.39. The molecule has 0 aromatic heterocycles. The molecule has 0 saturated carbocycles. The summed E-state index contributed by atoms with van der Waals surface area (Å²) in [6.07, 6.45) is 1.35. The second kappa shape index (κ2) is 6.90. The van der Waals surface area contributed by atoms with E-state index in [2.05, 4.69) is 27.4 Å². The summed E-state index contributed by atoms with van der Waals surface area (Å²) in [5, 5.41) is 0. The standard InChI is InChI=1S/C14H24O4/c1-6-7-16-14-11(4)9(2)10(3)13(18-14)8-17-12(5)15/h6,9-11,13-14H,1,7-8H2,2-5H3/t9-,10-,11?,13?,14-/m0/s1.